The van der Waals surface area contributed by atoms with Crippen molar-refractivity contribution >= 4 is 23.5 Å². The van der Waals surface area contributed by atoms with E-state index in [0.717, 1.165) is 0 Å². The number of rotatable bonds is 7. The van der Waals surface area contributed by atoms with Gasteiger partial charge in [0.15, 0.2) is 0 Å². The molecule has 0 spiro atoms. The van der Waals surface area contributed by atoms with Crippen molar-refractivity contribution in [2.24, 2.45) is 0 Å². The fraction of sp³-hybridized carbons (Fsp3) is 0.778. The number of carbonyl (C=O) groups is 2. The highest BCUT2D eigenvalue weighted by atomic mass is 35.5. The van der Waals surface area contributed by atoms with E-state index in [0.29, 0.717) is 19.8 Å². The van der Waals surface area contributed by atoms with Gasteiger partial charge in [-0.25, -0.2) is 0 Å². The molecule has 0 saturated heterocycles. The van der Waals surface area contributed by atoms with Gasteiger partial charge < -0.3 is 14.4 Å². The molecule has 0 N–H and O–H groups in total. The van der Waals surface area contributed by atoms with E-state index < -0.39 is 5.97 Å². The lowest BCUT2D eigenvalue weighted by Gasteiger charge is -2.19. The first kappa shape index (κ1) is 14.2. The zero-order chi connectivity index (χ0) is 11.7. The molecule has 0 bridgehead atoms. The molecule has 0 aliphatic rings. The zero-order valence-corrected chi connectivity index (χ0v) is 9.75. The van der Waals surface area contributed by atoms with Gasteiger partial charge >= 0.3 is 5.97 Å². The smallest absolute Gasteiger partial charge is 0.325 e. The molecule has 0 aromatic carbocycles. The number of esters is 1. The van der Waals surface area contributed by atoms with Crippen molar-refractivity contribution in [3.8, 4) is 0 Å². The molecule has 0 fully saturated rings. The Kier molecular flexibility index (Phi) is 8.04. The monoisotopic (exact) mass is 237 g/mol. The summed E-state index contributed by atoms with van der Waals surface area (Å²) in [6.45, 7) is 2.62. The van der Waals surface area contributed by atoms with Crippen molar-refractivity contribution in [3.05, 3.63) is 0 Å². The Balaban J connectivity index is 4.11. The Bertz CT molecular complexity index is 210. The van der Waals surface area contributed by atoms with E-state index in [4.69, 9.17) is 21.1 Å². The Morgan fingerprint density at radius 1 is 1.40 bits per heavy atom. The van der Waals surface area contributed by atoms with Crippen LogP contribution < -0.4 is 0 Å². The van der Waals surface area contributed by atoms with E-state index in [1.165, 1.54) is 12.0 Å². The molecule has 15 heavy (non-hydrogen) atoms. The molecule has 0 aliphatic heterocycles. The van der Waals surface area contributed by atoms with E-state index in [-0.39, 0.29) is 18.3 Å². The quantitative estimate of drug-likeness (QED) is 0.471. The van der Waals surface area contributed by atoms with Crippen molar-refractivity contribution in [2.75, 3.05) is 39.3 Å². The molecule has 88 valence electrons. The highest BCUT2D eigenvalue weighted by molar-refractivity contribution is 6.27. The summed E-state index contributed by atoms with van der Waals surface area (Å²) in [6.07, 6.45) is 0. The number of nitrogens with zero attached hydrogens (tertiary/aromatic N) is 1. The second-order valence-electron chi connectivity index (χ2n) is 2.75. The molecule has 0 radical (unpaired) electrons. The molecule has 0 heterocycles. The summed E-state index contributed by atoms with van der Waals surface area (Å²) in [7, 11) is 1.52. The lowest BCUT2D eigenvalue weighted by atomic mass is 10.4. The lowest BCUT2D eigenvalue weighted by Crippen LogP contribution is -2.39. The summed E-state index contributed by atoms with van der Waals surface area (Å²) in [4.78, 5) is 23.7. The molecule has 0 rings (SSSR count). The summed E-state index contributed by atoms with van der Waals surface area (Å²) < 4.78 is 9.55. The van der Waals surface area contributed by atoms with Crippen molar-refractivity contribution in [3.63, 3.8) is 0 Å². The van der Waals surface area contributed by atoms with Crippen molar-refractivity contribution < 1.29 is 19.1 Å². The average molecular weight is 238 g/mol. The van der Waals surface area contributed by atoms with Gasteiger partial charge in [0, 0.05) is 13.7 Å². The van der Waals surface area contributed by atoms with E-state index >= 15 is 0 Å². The Labute approximate surface area is 94.3 Å². The average Bonchev–Trinajstić information content (AvgIpc) is 2.23. The van der Waals surface area contributed by atoms with E-state index in [9.17, 15) is 9.59 Å². The van der Waals surface area contributed by atoms with Crippen LogP contribution in [0, 0.1) is 0 Å². The molecule has 1 amide bonds. The van der Waals surface area contributed by atoms with Crippen LogP contribution in [0.2, 0.25) is 0 Å². The number of methoxy groups -OCH3 is 1. The van der Waals surface area contributed by atoms with Gasteiger partial charge in [-0.3, -0.25) is 9.59 Å². The lowest BCUT2D eigenvalue weighted by molar-refractivity contribution is -0.148. The highest BCUT2D eigenvalue weighted by Crippen LogP contribution is 1.94. The summed E-state index contributed by atoms with van der Waals surface area (Å²) in [5, 5.41) is 0. The van der Waals surface area contributed by atoms with Crippen LogP contribution in [0.15, 0.2) is 0 Å². The third-order valence-corrected chi connectivity index (χ3v) is 1.89. The minimum absolute atomic E-state index is 0.0806. The standard InChI is InChI=1S/C9H16ClNO4/c1-3-15-9(13)7-11(4-5-14-2)8(12)6-10/h3-7H2,1-2H3. The van der Waals surface area contributed by atoms with Gasteiger partial charge in [-0.2, -0.15) is 0 Å². The van der Waals surface area contributed by atoms with E-state index in [1.54, 1.807) is 6.92 Å². The Hall–Kier alpha value is -0.810. The van der Waals surface area contributed by atoms with Crippen LogP contribution in [0.1, 0.15) is 6.92 Å². The van der Waals surface area contributed by atoms with Gasteiger partial charge in [0.2, 0.25) is 5.91 Å². The van der Waals surface area contributed by atoms with E-state index in [1.807, 2.05) is 0 Å². The predicted octanol–water partition coefficient (Wildman–Crippen LogP) is 0.263. The summed E-state index contributed by atoms with van der Waals surface area (Å²) >= 11 is 5.40. The Morgan fingerprint density at radius 2 is 2.07 bits per heavy atom. The molecule has 5 nitrogen and oxygen atoms in total. The zero-order valence-electron chi connectivity index (χ0n) is 8.99. The van der Waals surface area contributed by atoms with Crippen molar-refractivity contribution in [1.82, 2.24) is 4.90 Å². The second kappa shape index (κ2) is 8.49. The number of halogens is 1. The van der Waals surface area contributed by atoms with Crippen LogP contribution in [0.4, 0.5) is 0 Å². The van der Waals surface area contributed by atoms with E-state index in [2.05, 4.69) is 0 Å². The van der Waals surface area contributed by atoms with Crippen LogP contribution in [0.25, 0.3) is 0 Å². The van der Waals surface area contributed by atoms with Crippen LogP contribution >= 0.6 is 11.6 Å². The van der Waals surface area contributed by atoms with Gasteiger partial charge in [-0.15, -0.1) is 11.6 Å². The number of alkyl halides is 1. The molecule has 0 saturated carbocycles. The van der Waals surface area contributed by atoms with Gasteiger partial charge in [0.1, 0.15) is 12.4 Å². The predicted molar refractivity (Wildman–Crippen MR) is 55.8 cm³/mol. The molecule has 0 aliphatic carbocycles. The van der Waals surface area contributed by atoms with Crippen LogP contribution in [-0.4, -0.2) is 56.1 Å². The first-order chi connectivity index (χ1) is 7.15. The number of hydrogen-bond donors (Lipinski definition) is 0. The fourth-order valence-corrected chi connectivity index (χ4v) is 1.11. The van der Waals surface area contributed by atoms with Crippen LogP contribution in [0.3, 0.4) is 0 Å². The SMILES string of the molecule is CCOC(=O)CN(CCOC)C(=O)CCl. The maximum absolute atomic E-state index is 11.3. The maximum atomic E-state index is 11.3. The third kappa shape index (κ3) is 6.30. The highest BCUT2D eigenvalue weighted by Gasteiger charge is 2.16. The minimum atomic E-state index is -0.438. The maximum Gasteiger partial charge on any atom is 0.325 e. The van der Waals surface area contributed by atoms with Gasteiger partial charge in [0.25, 0.3) is 0 Å². The number of hydrogen-bond acceptors (Lipinski definition) is 4. The fourth-order valence-electron chi connectivity index (χ4n) is 0.940. The van der Waals surface area contributed by atoms with Crippen LogP contribution in [0.5, 0.6) is 0 Å². The number of ether oxygens (including phenoxy) is 2. The molecular weight excluding hydrogens is 222 g/mol. The first-order valence-electron chi connectivity index (χ1n) is 4.64. The molecule has 6 heteroatoms. The van der Waals surface area contributed by atoms with Crippen LogP contribution in [-0.2, 0) is 19.1 Å². The summed E-state index contributed by atoms with van der Waals surface area (Å²) in [5.74, 6) is -0.891. The van der Waals surface area contributed by atoms with Gasteiger partial charge in [0.05, 0.1) is 13.2 Å². The first-order valence-corrected chi connectivity index (χ1v) is 5.17. The molecular formula is C9H16ClNO4. The molecule has 0 aromatic heterocycles. The second-order valence-corrected chi connectivity index (χ2v) is 3.01. The largest absolute Gasteiger partial charge is 0.465 e. The van der Waals surface area contributed by atoms with Gasteiger partial charge in [-0.05, 0) is 6.92 Å². The summed E-state index contributed by atoms with van der Waals surface area (Å²) in [5.41, 5.74) is 0. The van der Waals surface area contributed by atoms with Crippen molar-refractivity contribution in [1.29, 1.82) is 0 Å². The molecule has 0 unspecified atom stereocenters. The van der Waals surface area contributed by atoms with Crippen molar-refractivity contribution in [2.45, 2.75) is 6.92 Å². The molecule has 0 aromatic rings. The normalized spacial score (nSPS) is 9.80. The molecule has 0 atom stereocenters. The Morgan fingerprint density at radius 3 is 2.53 bits per heavy atom. The minimum Gasteiger partial charge on any atom is -0.465 e. The number of carbonyl (C=O) groups excluding carboxylic acids is 2. The third-order valence-electron chi connectivity index (χ3n) is 1.66. The topological polar surface area (TPSA) is 55.8 Å². The summed E-state index contributed by atoms with van der Waals surface area (Å²) in [6, 6.07) is 0. The van der Waals surface area contributed by atoms with Gasteiger partial charge in [-0.1, -0.05) is 0 Å². The number of amides is 1.